The van der Waals surface area contributed by atoms with Gasteiger partial charge in [0, 0.05) is 11.9 Å². The fourth-order valence-electron chi connectivity index (χ4n) is 3.03. The first kappa shape index (κ1) is 21.5. The van der Waals surface area contributed by atoms with Gasteiger partial charge in [0.1, 0.15) is 0 Å². The molecule has 30 heavy (non-hydrogen) atoms. The van der Waals surface area contributed by atoms with Gasteiger partial charge in [0.25, 0.3) is 11.5 Å². The van der Waals surface area contributed by atoms with Crippen molar-refractivity contribution in [3.63, 3.8) is 0 Å². The summed E-state index contributed by atoms with van der Waals surface area (Å²) in [6.45, 7) is 1.17. The largest absolute Gasteiger partial charge is 0.416 e. The maximum atomic E-state index is 13.1. The van der Waals surface area contributed by atoms with E-state index < -0.39 is 23.2 Å². The molecule has 9 heteroatoms. The third-order valence-corrected chi connectivity index (χ3v) is 4.51. The average Bonchev–Trinajstić information content (AvgIpc) is 2.71. The molecule has 2 aromatic carbocycles. The number of aromatic nitrogens is 2. The second-order valence-corrected chi connectivity index (χ2v) is 7.07. The number of nitrogens with zero attached hydrogens (tertiary/aromatic N) is 3. The van der Waals surface area contributed by atoms with Crippen LogP contribution >= 0.6 is 0 Å². The number of nitrogens with one attached hydrogen (secondary N) is 1. The zero-order valence-electron chi connectivity index (χ0n) is 16.5. The first-order valence-corrected chi connectivity index (χ1v) is 9.31. The monoisotopic (exact) mass is 418 g/mol. The van der Waals surface area contributed by atoms with Crippen molar-refractivity contribution in [1.29, 1.82) is 0 Å². The van der Waals surface area contributed by atoms with Gasteiger partial charge in [-0.25, -0.2) is 0 Å². The fraction of sp³-hybridized carbons (Fsp3) is 0.286. The van der Waals surface area contributed by atoms with Gasteiger partial charge in [0.15, 0.2) is 5.69 Å². The summed E-state index contributed by atoms with van der Waals surface area (Å²) in [5.74, 6) is -0.495. The minimum absolute atomic E-state index is 0.0209. The Labute approximate surface area is 170 Å². The number of hydrogen-bond acceptors (Lipinski definition) is 4. The van der Waals surface area contributed by atoms with E-state index in [9.17, 15) is 22.8 Å². The van der Waals surface area contributed by atoms with E-state index in [4.69, 9.17) is 0 Å². The van der Waals surface area contributed by atoms with Crippen molar-refractivity contribution in [2.75, 3.05) is 27.2 Å². The zero-order chi connectivity index (χ0) is 21.9. The molecular formula is C21H21F3N4O2. The minimum atomic E-state index is -4.57. The summed E-state index contributed by atoms with van der Waals surface area (Å²) in [4.78, 5) is 27.6. The van der Waals surface area contributed by atoms with E-state index in [0.717, 1.165) is 23.4 Å². The lowest BCUT2D eigenvalue weighted by Crippen LogP contribution is -2.31. The van der Waals surface area contributed by atoms with Gasteiger partial charge in [-0.05, 0) is 51.3 Å². The quantitative estimate of drug-likeness (QED) is 0.625. The van der Waals surface area contributed by atoms with Gasteiger partial charge < -0.3 is 10.2 Å². The molecule has 0 atom stereocenters. The molecule has 0 unspecified atom stereocenters. The highest BCUT2D eigenvalue weighted by Gasteiger charge is 2.30. The number of hydrogen-bond donors (Lipinski definition) is 1. The summed E-state index contributed by atoms with van der Waals surface area (Å²) in [5, 5.41) is 7.42. The topological polar surface area (TPSA) is 67.2 Å². The van der Waals surface area contributed by atoms with Crippen LogP contribution < -0.4 is 10.9 Å². The molecule has 1 amide bonds. The Morgan fingerprint density at radius 1 is 1.10 bits per heavy atom. The van der Waals surface area contributed by atoms with Crippen LogP contribution in [0.3, 0.4) is 0 Å². The molecule has 0 saturated heterocycles. The molecule has 0 aliphatic rings. The van der Waals surface area contributed by atoms with Crippen LogP contribution in [0.4, 0.5) is 13.2 Å². The molecule has 3 aromatic rings. The number of carbonyl (C=O) groups excluding carboxylic acids is 1. The van der Waals surface area contributed by atoms with Crippen LogP contribution in [0.2, 0.25) is 0 Å². The lowest BCUT2D eigenvalue weighted by molar-refractivity contribution is -0.137. The van der Waals surface area contributed by atoms with Crippen molar-refractivity contribution in [1.82, 2.24) is 20.0 Å². The van der Waals surface area contributed by atoms with Crippen molar-refractivity contribution in [2.24, 2.45) is 0 Å². The third kappa shape index (κ3) is 4.68. The van der Waals surface area contributed by atoms with Crippen LogP contribution in [0.5, 0.6) is 0 Å². The molecule has 0 fully saturated rings. The second-order valence-electron chi connectivity index (χ2n) is 7.07. The van der Waals surface area contributed by atoms with E-state index >= 15 is 0 Å². The van der Waals surface area contributed by atoms with E-state index in [1.165, 1.54) is 18.2 Å². The molecule has 0 bridgehead atoms. The number of fused-ring (bicyclic) bond motifs is 1. The minimum Gasteiger partial charge on any atom is -0.351 e. The zero-order valence-corrected chi connectivity index (χ0v) is 16.5. The lowest BCUT2D eigenvalue weighted by Gasteiger charge is -2.13. The van der Waals surface area contributed by atoms with Crippen LogP contribution in [0, 0.1) is 0 Å². The highest BCUT2D eigenvalue weighted by atomic mass is 19.4. The second kappa shape index (κ2) is 8.66. The molecule has 1 heterocycles. The van der Waals surface area contributed by atoms with E-state index in [0.29, 0.717) is 18.4 Å². The Bertz CT molecular complexity index is 1120. The molecule has 0 aliphatic heterocycles. The average molecular weight is 418 g/mol. The highest BCUT2D eigenvalue weighted by molar-refractivity contribution is 6.04. The first-order chi connectivity index (χ1) is 14.2. The standard InChI is InChI=1S/C21H21F3N4O2/c1-27(2)12-6-11-25-19(29)18-16-9-3-4-10-17(16)20(30)28(26-18)15-8-5-7-14(13-15)21(22,23)24/h3-5,7-10,13H,6,11-12H2,1-2H3,(H,25,29). The molecule has 6 nitrogen and oxygen atoms in total. The summed E-state index contributed by atoms with van der Waals surface area (Å²) in [7, 11) is 3.84. The van der Waals surface area contributed by atoms with E-state index in [1.54, 1.807) is 18.2 Å². The predicted molar refractivity (Wildman–Crippen MR) is 108 cm³/mol. The van der Waals surface area contributed by atoms with Gasteiger partial charge in [-0.2, -0.15) is 23.0 Å². The van der Waals surface area contributed by atoms with E-state index in [-0.39, 0.29) is 16.8 Å². The molecule has 1 aromatic heterocycles. The molecule has 0 aliphatic carbocycles. The number of amides is 1. The van der Waals surface area contributed by atoms with Crippen LogP contribution in [-0.4, -0.2) is 47.8 Å². The fourth-order valence-corrected chi connectivity index (χ4v) is 3.03. The Balaban J connectivity index is 2.06. The van der Waals surface area contributed by atoms with Crippen molar-refractivity contribution < 1.29 is 18.0 Å². The first-order valence-electron chi connectivity index (χ1n) is 9.31. The maximum absolute atomic E-state index is 13.1. The molecular weight excluding hydrogens is 397 g/mol. The van der Waals surface area contributed by atoms with Crippen LogP contribution in [0.1, 0.15) is 22.5 Å². The third-order valence-electron chi connectivity index (χ3n) is 4.51. The Kier molecular flexibility index (Phi) is 6.21. The smallest absolute Gasteiger partial charge is 0.351 e. The van der Waals surface area contributed by atoms with Gasteiger partial charge >= 0.3 is 6.18 Å². The van der Waals surface area contributed by atoms with Crippen LogP contribution in [0.25, 0.3) is 16.5 Å². The highest BCUT2D eigenvalue weighted by Crippen LogP contribution is 2.30. The number of halogens is 3. The Hall–Kier alpha value is -3.20. The van der Waals surface area contributed by atoms with Gasteiger partial charge in [0.05, 0.1) is 16.6 Å². The summed E-state index contributed by atoms with van der Waals surface area (Å²) < 4.78 is 40.1. The van der Waals surface area contributed by atoms with Gasteiger partial charge in [-0.3, -0.25) is 9.59 Å². The predicted octanol–water partition coefficient (Wildman–Crippen LogP) is 3.09. The van der Waals surface area contributed by atoms with Crippen molar-refractivity contribution in [2.45, 2.75) is 12.6 Å². The molecule has 0 spiro atoms. The van der Waals surface area contributed by atoms with E-state index in [1.807, 2.05) is 19.0 Å². The molecule has 0 radical (unpaired) electrons. The summed E-state index contributed by atoms with van der Waals surface area (Å²) in [6.07, 6.45) is -3.85. The lowest BCUT2D eigenvalue weighted by atomic mass is 10.1. The summed E-state index contributed by atoms with van der Waals surface area (Å²) in [6, 6.07) is 10.7. The number of rotatable bonds is 6. The van der Waals surface area contributed by atoms with Gasteiger partial charge in [-0.1, -0.05) is 24.3 Å². The summed E-state index contributed by atoms with van der Waals surface area (Å²) in [5.41, 5.74) is -1.60. The normalized spacial score (nSPS) is 11.8. The number of carbonyl (C=O) groups is 1. The molecule has 158 valence electrons. The summed E-state index contributed by atoms with van der Waals surface area (Å²) >= 11 is 0. The van der Waals surface area contributed by atoms with Crippen molar-refractivity contribution >= 4 is 16.7 Å². The Morgan fingerprint density at radius 2 is 1.80 bits per heavy atom. The van der Waals surface area contributed by atoms with Gasteiger partial charge in [0.2, 0.25) is 0 Å². The van der Waals surface area contributed by atoms with Crippen molar-refractivity contribution in [3.8, 4) is 5.69 Å². The number of benzene rings is 2. The maximum Gasteiger partial charge on any atom is 0.416 e. The van der Waals surface area contributed by atoms with Crippen LogP contribution in [-0.2, 0) is 6.18 Å². The number of alkyl halides is 3. The van der Waals surface area contributed by atoms with E-state index in [2.05, 4.69) is 10.4 Å². The SMILES string of the molecule is CN(C)CCCNC(=O)c1nn(-c2cccc(C(F)(F)F)c2)c(=O)c2ccccc12. The molecule has 3 rings (SSSR count). The molecule has 1 N–H and O–H groups in total. The molecule has 0 saturated carbocycles. The van der Waals surface area contributed by atoms with Gasteiger partial charge in [-0.15, -0.1) is 0 Å². The Morgan fingerprint density at radius 3 is 2.47 bits per heavy atom. The van der Waals surface area contributed by atoms with Crippen LogP contribution in [0.15, 0.2) is 53.3 Å². The van der Waals surface area contributed by atoms with Crippen molar-refractivity contribution in [3.05, 3.63) is 70.1 Å².